The summed E-state index contributed by atoms with van der Waals surface area (Å²) in [6.07, 6.45) is 2.08. The van der Waals surface area contributed by atoms with Gasteiger partial charge in [0.2, 0.25) is 5.91 Å². The van der Waals surface area contributed by atoms with Gasteiger partial charge in [-0.2, -0.15) is 17.5 Å². The van der Waals surface area contributed by atoms with E-state index in [1.54, 1.807) is 0 Å². The molecule has 1 N–H and O–H groups in total. The third kappa shape index (κ3) is 7.68. The predicted molar refractivity (Wildman–Crippen MR) is 133 cm³/mol. The Kier molecular flexibility index (Phi) is 9.35. The van der Waals surface area contributed by atoms with Gasteiger partial charge < -0.3 is 14.9 Å². The molecule has 1 aliphatic carbocycles. The molecule has 4 fully saturated rings. The number of carbonyl (C=O) groups excluding carboxylic acids is 2. The fourth-order valence-electron chi connectivity index (χ4n) is 6.27. The van der Waals surface area contributed by atoms with Crippen molar-refractivity contribution in [3.8, 4) is 0 Å². The number of aliphatic carboxylic acids is 1. The molecule has 3 unspecified atom stereocenters. The summed E-state index contributed by atoms with van der Waals surface area (Å²) in [5.41, 5.74) is -0.198. The molecular formula is C25H40F3N3O5S. The van der Waals surface area contributed by atoms with Crippen LogP contribution in [0.15, 0.2) is 4.36 Å². The number of carboxylic acid groups (broad SMARTS) is 1. The summed E-state index contributed by atoms with van der Waals surface area (Å²) in [5.74, 6) is -1.31. The van der Waals surface area contributed by atoms with Crippen LogP contribution in [0.5, 0.6) is 0 Å². The molecule has 4 rings (SSSR count). The molecule has 0 aromatic carbocycles. The second-order valence-electron chi connectivity index (χ2n) is 11.7. The number of fused-ring (bicyclic) bond motifs is 2. The molecule has 0 spiro atoms. The fraction of sp³-hybridized carbons (Fsp3) is 0.880. The highest BCUT2D eigenvalue weighted by Crippen LogP contribution is 2.41. The van der Waals surface area contributed by atoms with E-state index in [0.29, 0.717) is 36.5 Å². The van der Waals surface area contributed by atoms with Crippen LogP contribution in [0.1, 0.15) is 65.7 Å². The number of nitrogens with zero attached hydrogens (tertiary/aromatic N) is 3. The van der Waals surface area contributed by atoms with E-state index >= 15 is 0 Å². The topological polar surface area (TPSA) is 107 Å². The highest BCUT2D eigenvalue weighted by atomic mass is 32.2. The third-order valence-electron chi connectivity index (χ3n) is 8.16. The summed E-state index contributed by atoms with van der Waals surface area (Å²) < 4.78 is 49.7. The normalized spacial score (nSPS) is 31.9. The number of likely N-dealkylation sites (tertiary alicyclic amines) is 2. The molecule has 1 saturated carbocycles. The molecule has 0 aromatic heterocycles. The first-order valence-electron chi connectivity index (χ1n) is 13.2. The lowest BCUT2D eigenvalue weighted by atomic mass is 9.84. The molecule has 2 bridgehead atoms. The van der Waals surface area contributed by atoms with Crippen LogP contribution in [0.4, 0.5) is 13.2 Å². The standard InChI is InChI=1S/C23H39N3O3S.C2HF3O2/c1-17(2)25-10-6-7-20(14-25)21(27)24-30(29)15-18-11-19(16-30)13-26(12-18)22(28)23(3)8-4-5-9-23;3-2(4,5)1(6)7/h17-20H,4-16H2,1-3H3;(H,6,7). The van der Waals surface area contributed by atoms with E-state index in [-0.39, 0.29) is 29.1 Å². The lowest BCUT2D eigenvalue weighted by molar-refractivity contribution is -0.192. The average molecular weight is 552 g/mol. The quantitative estimate of drug-likeness (QED) is 0.572. The number of carbonyl (C=O) groups is 3. The SMILES string of the molecule is CC(C)N1CCCC(C(=O)N=S2(=O)CC3CC(CN(C(=O)C4(C)CCCC4)C3)C2)C1.O=C(O)C(F)(F)F. The molecule has 2 amide bonds. The smallest absolute Gasteiger partial charge is 0.475 e. The molecule has 8 nitrogen and oxygen atoms in total. The lowest BCUT2D eigenvalue weighted by Crippen LogP contribution is -2.53. The Morgan fingerprint density at radius 1 is 1.03 bits per heavy atom. The van der Waals surface area contributed by atoms with Crippen molar-refractivity contribution in [1.82, 2.24) is 9.80 Å². The van der Waals surface area contributed by atoms with Crippen molar-refractivity contribution in [3.05, 3.63) is 0 Å². The molecule has 3 saturated heterocycles. The van der Waals surface area contributed by atoms with Crippen molar-refractivity contribution >= 4 is 27.5 Å². The minimum absolute atomic E-state index is 0.110. The Labute approximate surface area is 217 Å². The van der Waals surface area contributed by atoms with E-state index in [2.05, 4.69) is 30.0 Å². The Balaban J connectivity index is 0.000000479. The van der Waals surface area contributed by atoms with Crippen LogP contribution in [0.2, 0.25) is 0 Å². The van der Waals surface area contributed by atoms with Crippen LogP contribution in [-0.2, 0) is 24.1 Å². The molecular weight excluding hydrogens is 511 g/mol. The highest BCUT2D eigenvalue weighted by molar-refractivity contribution is 7.93. The minimum atomic E-state index is -5.08. The Bertz CT molecular complexity index is 967. The van der Waals surface area contributed by atoms with Gasteiger partial charge in [0.1, 0.15) is 0 Å². The molecule has 37 heavy (non-hydrogen) atoms. The number of piperidine rings is 2. The zero-order chi connectivity index (χ0) is 27.6. The van der Waals surface area contributed by atoms with Crippen LogP contribution in [0, 0.1) is 23.2 Å². The van der Waals surface area contributed by atoms with Crippen LogP contribution in [-0.4, -0.2) is 86.8 Å². The maximum Gasteiger partial charge on any atom is 0.490 e. The van der Waals surface area contributed by atoms with Crippen LogP contribution < -0.4 is 0 Å². The van der Waals surface area contributed by atoms with E-state index in [0.717, 1.165) is 58.0 Å². The van der Waals surface area contributed by atoms with Crippen molar-refractivity contribution in [2.75, 3.05) is 37.7 Å². The maximum absolute atomic E-state index is 13.6. The van der Waals surface area contributed by atoms with E-state index < -0.39 is 21.9 Å². The lowest BCUT2D eigenvalue weighted by Gasteiger charge is -2.44. The van der Waals surface area contributed by atoms with E-state index in [4.69, 9.17) is 9.90 Å². The summed E-state index contributed by atoms with van der Waals surface area (Å²) >= 11 is 0. The Hall–Kier alpha value is -1.69. The van der Waals surface area contributed by atoms with Crippen molar-refractivity contribution in [2.45, 2.75) is 77.9 Å². The van der Waals surface area contributed by atoms with Crippen LogP contribution in [0.25, 0.3) is 0 Å². The first-order valence-corrected chi connectivity index (χ1v) is 15.1. The van der Waals surface area contributed by atoms with E-state index in [1.165, 1.54) is 0 Å². The highest BCUT2D eigenvalue weighted by Gasteiger charge is 2.44. The number of hydrogen-bond donors (Lipinski definition) is 1. The third-order valence-corrected chi connectivity index (χ3v) is 10.7. The Morgan fingerprint density at radius 3 is 2.05 bits per heavy atom. The Morgan fingerprint density at radius 2 is 1.57 bits per heavy atom. The van der Waals surface area contributed by atoms with Crippen molar-refractivity contribution < 1.29 is 36.9 Å². The molecule has 0 aromatic rings. The first kappa shape index (κ1) is 29.9. The van der Waals surface area contributed by atoms with Crippen molar-refractivity contribution in [3.63, 3.8) is 0 Å². The average Bonchev–Trinajstić information content (AvgIpc) is 3.25. The second kappa shape index (κ2) is 11.6. The zero-order valence-electron chi connectivity index (χ0n) is 22.0. The number of amides is 2. The monoisotopic (exact) mass is 551 g/mol. The number of rotatable bonds is 3. The summed E-state index contributed by atoms with van der Waals surface area (Å²) in [6.45, 7) is 9.59. The minimum Gasteiger partial charge on any atom is -0.475 e. The zero-order valence-corrected chi connectivity index (χ0v) is 22.8. The van der Waals surface area contributed by atoms with Gasteiger partial charge in [0.05, 0.1) is 15.6 Å². The largest absolute Gasteiger partial charge is 0.490 e. The van der Waals surface area contributed by atoms with Gasteiger partial charge in [-0.05, 0) is 64.3 Å². The van der Waals surface area contributed by atoms with Gasteiger partial charge in [-0.1, -0.05) is 19.8 Å². The fourth-order valence-corrected chi connectivity index (χ4v) is 8.99. The molecule has 3 heterocycles. The van der Waals surface area contributed by atoms with E-state index in [9.17, 15) is 27.0 Å². The van der Waals surface area contributed by atoms with Gasteiger partial charge in [0.15, 0.2) is 0 Å². The van der Waals surface area contributed by atoms with Crippen molar-refractivity contribution in [1.29, 1.82) is 0 Å². The summed E-state index contributed by atoms with van der Waals surface area (Å²) in [6, 6.07) is 0.424. The predicted octanol–water partition coefficient (Wildman–Crippen LogP) is 3.79. The molecule has 4 aliphatic rings. The molecule has 12 heteroatoms. The number of carboxylic acids is 1. The molecule has 3 aliphatic heterocycles. The summed E-state index contributed by atoms with van der Waals surface area (Å²) in [5, 5.41) is 7.12. The molecule has 3 atom stereocenters. The molecule has 0 radical (unpaired) electrons. The van der Waals surface area contributed by atoms with Crippen molar-refractivity contribution in [2.24, 2.45) is 27.5 Å². The van der Waals surface area contributed by atoms with Gasteiger partial charge in [-0.3, -0.25) is 9.59 Å². The van der Waals surface area contributed by atoms with Gasteiger partial charge >= 0.3 is 12.1 Å². The van der Waals surface area contributed by atoms with Gasteiger partial charge in [0, 0.05) is 42.6 Å². The summed E-state index contributed by atoms with van der Waals surface area (Å²) in [7, 11) is -2.50. The maximum atomic E-state index is 13.6. The van der Waals surface area contributed by atoms with Gasteiger partial charge in [-0.25, -0.2) is 9.00 Å². The van der Waals surface area contributed by atoms with Gasteiger partial charge in [0.25, 0.3) is 5.91 Å². The number of alkyl halides is 3. The first-order chi connectivity index (χ1) is 17.1. The number of halogens is 3. The summed E-state index contributed by atoms with van der Waals surface area (Å²) in [4.78, 5) is 39.3. The van der Waals surface area contributed by atoms with Gasteiger partial charge in [-0.15, -0.1) is 0 Å². The van der Waals surface area contributed by atoms with E-state index in [1.807, 2.05) is 4.90 Å². The van der Waals surface area contributed by atoms with Crippen LogP contribution >= 0.6 is 0 Å². The molecule has 212 valence electrons. The second-order valence-corrected chi connectivity index (χ2v) is 14.1. The number of hydrogen-bond acceptors (Lipinski definition) is 5. The van der Waals surface area contributed by atoms with Crippen LogP contribution in [0.3, 0.4) is 0 Å².